The van der Waals surface area contributed by atoms with E-state index >= 15 is 0 Å². The van der Waals surface area contributed by atoms with E-state index in [0.29, 0.717) is 5.92 Å². The fourth-order valence-corrected chi connectivity index (χ4v) is 2.83. The zero-order chi connectivity index (χ0) is 10.8. The summed E-state index contributed by atoms with van der Waals surface area (Å²) in [5, 5.41) is 10.8. The molecule has 2 heterocycles. The lowest BCUT2D eigenvalue weighted by atomic mass is 10.0. The van der Waals surface area contributed by atoms with Crippen LogP contribution in [0.3, 0.4) is 0 Å². The fraction of sp³-hybridized carbons (Fsp3) is 0.818. The Balaban J connectivity index is 2.08. The highest BCUT2D eigenvalue weighted by Crippen LogP contribution is 2.28. The second-order valence-electron chi connectivity index (χ2n) is 4.77. The van der Waals surface area contributed by atoms with Gasteiger partial charge in [0.2, 0.25) is 5.13 Å². The minimum absolute atomic E-state index is 0.499. The van der Waals surface area contributed by atoms with Gasteiger partial charge < -0.3 is 4.90 Å². The van der Waals surface area contributed by atoms with E-state index in [2.05, 4.69) is 35.9 Å². The maximum Gasteiger partial charge on any atom is 0.208 e. The summed E-state index contributed by atoms with van der Waals surface area (Å²) in [6, 6.07) is 0. The normalized spacial score (nSPS) is 22.4. The molecule has 1 saturated heterocycles. The molecule has 1 aliphatic heterocycles. The van der Waals surface area contributed by atoms with Gasteiger partial charge in [-0.05, 0) is 18.8 Å². The van der Waals surface area contributed by atoms with Crippen molar-refractivity contribution >= 4 is 16.5 Å². The Labute approximate surface area is 95.5 Å². The van der Waals surface area contributed by atoms with Crippen LogP contribution in [0.25, 0.3) is 0 Å². The number of anilines is 1. The van der Waals surface area contributed by atoms with Crippen LogP contribution in [0.1, 0.15) is 44.5 Å². The Morgan fingerprint density at radius 1 is 1.40 bits per heavy atom. The van der Waals surface area contributed by atoms with Crippen molar-refractivity contribution in [3.05, 3.63) is 5.01 Å². The summed E-state index contributed by atoms with van der Waals surface area (Å²) in [6.07, 6.45) is 2.64. The Morgan fingerprint density at radius 3 is 2.80 bits per heavy atom. The molecule has 0 amide bonds. The first-order valence-corrected chi connectivity index (χ1v) is 6.57. The Hall–Kier alpha value is -0.640. The van der Waals surface area contributed by atoms with Crippen molar-refractivity contribution < 1.29 is 0 Å². The van der Waals surface area contributed by atoms with Crippen LogP contribution in [-0.2, 0) is 0 Å². The molecule has 84 valence electrons. The third-order valence-corrected chi connectivity index (χ3v) is 4.14. The summed E-state index contributed by atoms with van der Waals surface area (Å²) in [6.45, 7) is 8.95. The molecule has 1 fully saturated rings. The monoisotopic (exact) mass is 225 g/mol. The van der Waals surface area contributed by atoms with Gasteiger partial charge in [0.05, 0.1) is 0 Å². The zero-order valence-corrected chi connectivity index (χ0v) is 10.5. The molecule has 0 saturated carbocycles. The van der Waals surface area contributed by atoms with Crippen LogP contribution in [0.4, 0.5) is 5.13 Å². The minimum Gasteiger partial charge on any atom is -0.346 e. The van der Waals surface area contributed by atoms with E-state index in [9.17, 15) is 0 Å². The van der Waals surface area contributed by atoms with E-state index in [-0.39, 0.29) is 0 Å². The van der Waals surface area contributed by atoms with Crippen molar-refractivity contribution in [3.8, 4) is 0 Å². The molecule has 1 aliphatic rings. The molecule has 3 nitrogen and oxygen atoms in total. The smallest absolute Gasteiger partial charge is 0.208 e. The SMILES string of the molecule is CC1CCCN(c2nnc(C(C)C)s2)C1. The van der Waals surface area contributed by atoms with Gasteiger partial charge in [-0.2, -0.15) is 0 Å². The molecular weight excluding hydrogens is 206 g/mol. The maximum absolute atomic E-state index is 4.29. The number of nitrogens with zero attached hydrogens (tertiary/aromatic N) is 3. The fourth-order valence-electron chi connectivity index (χ4n) is 1.95. The Morgan fingerprint density at radius 2 is 2.20 bits per heavy atom. The van der Waals surface area contributed by atoms with E-state index in [1.807, 2.05) is 0 Å². The molecule has 4 heteroatoms. The highest BCUT2D eigenvalue weighted by molar-refractivity contribution is 7.15. The van der Waals surface area contributed by atoms with E-state index < -0.39 is 0 Å². The average Bonchev–Trinajstić information content (AvgIpc) is 2.66. The molecule has 0 N–H and O–H groups in total. The quantitative estimate of drug-likeness (QED) is 0.775. The third kappa shape index (κ3) is 2.48. The van der Waals surface area contributed by atoms with Gasteiger partial charge in [0, 0.05) is 19.0 Å². The van der Waals surface area contributed by atoms with Crippen LogP contribution >= 0.6 is 11.3 Å². The summed E-state index contributed by atoms with van der Waals surface area (Å²) in [7, 11) is 0. The molecule has 0 spiro atoms. The van der Waals surface area contributed by atoms with E-state index in [1.54, 1.807) is 11.3 Å². The number of piperidine rings is 1. The van der Waals surface area contributed by atoms with E-state index in [1.165, 1.54) is 12.8 Å². The predicted molar refractivity (Wildman–Crippen MR) is 64.6 cm³/mol. The van der Waals surface area contributed by atoms with Gasteiger partial charge >= 0.3 is 0 Å². The van der Waals surface area contributed by atoms with Crippen molar-refractivity contribution in [3.63, 3.8) is 0 Å². The first-order valence-electron chi connectivity index (χ1n) is 5.75. The molecule has 0 aliphatic carbocycles. The average molecular weight is 225 g/mol. The number of hydrogen-bond acceptors (Lipinski definition) is 4. The van der Waals surface area contributed by atoms with Gasteiger partial charge in [-0.3, -0.25) is 0 Å². The lowest BCUT2D eigenvalue weighted by Crippen LogP contribution is -2.34. The summed E-state index contributed by atoms with van der Waals surface area (Å²) in [5.74, 6) is 1.30. The van der Waals surface area contributed by atoms with Crippen molar-refractivity contribution in [2.45, 2.75) is 39.5 Å². The number of hydrogen-bond donors (Lipinski definition) is 0. The zero-order valence-electron chi connectivity index (χ0n) is 9.73. The lowest BCUT2D eigenvalue weighted by molar-refractivity contribution is 0.446. The summed E-state index contributed by atoms with van der Waals surface area (Å²) in [5.41, 5.74) is 0. The number of rotatable bonds is 2. The molecule has 2 rings (SSSR count). The molecule has 0 aromatic carbocycles. The van der Waals surface area contributed by atoms with Gasteiger partial charge in [0.25, 0.3) is 0 Å². The maximum atomic E-state index is 4.29. The van der Waals surface area contributed by atoms with Crippen molar-refractivity contribution in [1.82, 2.24) is 10.2 Å². The summed E-state index contributed by atoms with van der Waals surface area (Å²) in [4.78, 5) is 2.39. The first-order chi connectivity index (χ1) is 7.16. The summed E-state index contributed by atoms with van der Waals surface area (Å²) >= 11 is 1.75. The van der Waals surface area contributed by atoms with Gasteiger partial charge in [0.15, 0.2) is 0 Å². The summed E-state index contributed by atoms with van der Waals surface area (Å²) < 4.78 is 0. The largest absolute Gasteiger partial charge is 0.346 e. The van der Waals surface area contributed by atoms with E-state index in [4.69, 9.17) is 0 Å². The molecule has 0 radical (unpaired) electrons. The standard InChI is InChI=1S/C11H19N3S/c1-8(2)10-12-13-11(15-10)14-6-4-5-9(3)7-14/h8-9H,4-7H2,1-3H3. The van der Waals surface area contributed by atoms with Crippen molar-refractivity contribution in [2.75, 3.05) is 18.0 Å². The van der Waals surface area contributed by atoms with Crippen LogP contribution in [0, 0.1) is 5.92 Å². The highest BCUT2D eigenvalue weighted by atomic mass is 32.1. The topological polar surface area (TPSA) is 29.0 Å². The van der Waals surface area contributed by atoms with Crippen LogP contribution in [0.15, 0.2) is 0 Å². The van der Waals surface area contributed by atoms with Crippen LogP contribution in [0.2, 0.25) is 0 Å². The van der Waals surface area contributed by atoms with Crippen LogP contribution < -0.4 is 4.90 Å². The van der Waals surface area contributed by atoms with Gasteiger partial charge in [-0.15, -0.1) is 10.2 Å². The van der Waals surface area contributed by atoms with Crippen molar-refractivity contribution in [2.24, 2.45) is 5.92 Å². The van der Waals surface area contributed by atoms with Gasteiger partial charge in [0.1, 0.15) is 5.01 Å². The molecule has 1 aromatic heterocycles. The molecule has 1 aromatic rings. The van der Waals surface area contributed by atoms with Gasteiger partial charge in [-0.25, -0.2) is 0 Å². The predicted octanol–water partition coefficient (Wildman–Crippen LogP) is 2.90. The van der Waals surface area contributed by atoms with E-state index in [0.717, 1.165) is 29.1 Å². The number of aromatic nitrogens is 2. The molecule has 0 bridgehead atoms. The molecule has 15 heavy (non-hydrogen) atoms. The van der Waals surface area contributed by atoms with Crippen LogP contribution in [-0.4, -0.2) is 23.3 Å². The second-order valence-corrected chi connectivity index (χ2v) is 5.76. The lowest BCUT2D eigenvalue weighted by Gasteiger charge is -2.30. The van der Waals surface area contributed by atoms with Crippen LogP contribution in [0.5, 0.6) is 0 Å². The minimum atomic E-state index is 0.499. The molecule has 1 atom stereocenters. The molecular formula is C11H19N3S. The second kappa shape index (κ2) is 4.47. The van der Waals surface area contributed by atoms with Gasteiger partial charge in [-0.1, -0.05) is 32.1 Å². The first kappa shape index (κ1) is 10.9. The molecule has 1 unspecified atom stereocenters. The van der Waals surface area contributed by atoms with Crippen molar-refractivity contribution in [1.29, 1.82) is 0 Å². The third-order valence-electron chi connectivity index (χ3n) is 2.85. The Bertz CT molecular complexity index is 321. The highest BCUT2D eigenvalue weighted by Gasteiger charge is 2.20. The Kier molecular flexibility index (Phi) is 3.24.